The largest absolute Gasteiger partial charge is 0.409 e. The van der Waals surface area contributed by atoms with Crippen LogP contribution in [0.2, 0.25) is 0 Å². The Hall–Kier alpha value is -1.30. The molecule has 19 heavy (non-hydrogen) atoms. The Morgan fingerprint density at radius 3 is 2.74 bits per heavy atom. The lowest BCUT2D eigenvalue weighted by molar-refractivity contribution is -0.143. The Morgan fingerprint density at radius 1 is 1.63 bits per heavy atom. The fourth-order valence-electron chi connectivity index (χ4n) is 2.43. The first-order valence-electron chi connectivity index (χ1n) is 6.70. The SMILES string of the molecule is CCC(C)(C(=O)N1CCC(C)C(OC)C1)C(N)=NO. The number of likely N-dealkylation sites (tertiary alicyclic amines) is 1. The van der Waals surface area contributed by atoms with E-state index in [0.717, 1.165) is 6.42 Å². The second-order valence-corrected chi connectivity index (χ2v) is 5.46. The molecule has 6 nitrogen and oxygen atoms in total. The van der Waals surface area contributed by atoms with Crippen LogP contribution in [0.15, 0.2) is 5.16 Å². The third kappa shape index (κ3) is 3.00. The quantitative estimate of drug-likeness (QED) is 0.346. The van der Waals surface area contributed by atoms with Crippen LogP contribution < -0.4 is 5.73 Å². The minimum Gasteiger partial charge on any atom is -0.409 e. The summed E-state index contributed by atoms with van der Waals surface area (Å²) in [6, 6.07) is 0. The first-order chi connectivity index (χ1) is 8.90. The summed E-state index contributed by atoms with van der Waals surface area (Å²) in [5, 5.41) is 11.9. The smallest absolute Gasteiger partial charge is 0.236 e. The second-order valence-electron chi connectivity index (χ2n) is 5.46. The van der Waals surface area contributed by atoms with Crippen LogP contribution in [0.5, 0.6) is 0 Å². The maximum Gasteiger partial charge on any atom is 0.236 e. The third-order valence-corrected chi connectivity index (χ3v) is 4.33. The van der Waals surface area contributed by atoms with Gasteiger partial charge in [0.05, 0.1) is 6.10 Å². The molecule has 1 saturated heterocycles. The molecule has 3 atom stereocenters. The van der Waals surface area contributed by atoms with Crippen molar-refractivity contribution in [1.82, 2.24) is 4.90 Å². The zero-order valence-corrected chi connectivity index (χ0v) is 12.2. The van der Waals surface area contributed by atoms with Gasteiger partial charge in [0, 0.05) is 20.2 Å². The lowest BCUT2D eigenvalue weighted by Gasteiger charge is -2.40. The van der Waals surface area contributed by atoms with Gasteiger partial charge in [-0.3, -0.25) is 4.79 Å². The molecule has 0 radical (unpaired) electrons. The molecule has 1 heterocycles. The average Bonchev–Trinajstić information content (AvgIpc) is 2.45. The van der Waals surface area contributed by atoms with Crippen molar-refractivity contribution < 1.29 is 14.7 Å². The maximum absolute atomic E-state index is 12.6. The number of hydrogen-bond donors (Lipinski definition) is 2. The van der Waals surface area contributed by atoms with Gasteiger partial charge < -0.3 is 20.6 Å². The summed E-state index contributed by atoms with van der Waals surface area (Å²) in [7, 11) is 1.66. The molecule has 1 amide bonds. The Morgan fingerprint density at radius 2 is 2.26 bits per heavy atom. The monoisotopic (exact) mass is 271 g/mol. The molecular formula is C13H25N3O3. The van der Waals surface area contributed by atoms with Crippen LogP contribution in [-0.4, -0.2) is 48.2 Å². The van der Waals surface area contributed by atoms with Crippen molar-refractivity contribution in [3.63, 3.8) is 0 Å². The number of hydrogen-bond acceptors (Lipinski definition) is 4. The fraction of sp³-hybridized carbons (Fsp3) is 0.846. The molecule has 0 aliphatic carbocycles. The number of nitrogens with zero attached hydrogens (tertiary/aromatic N) is 2. The molecule has 6 heteroatoms. The number of ether oxygens (including phenoxy) is 1. The lowest BCUT2D eigenvalue weighted by Crippen LogP contribution is -2.54. The molecule has 1 rings (SSSR count). The number of amides is 1. The number of carbonyl (C=O) groups excluding carboxylic acids is 1. The highest BCUT2D eigenvalue weighted by atomic mass is 16.5. The van der Waals surface area contributed by atoms with Gasteiger partial charge in [0.15, 0.2) is 5.84 Å². The minimum absolute atomic E-state index is 0.0346. The van der Waals surface area contributed by atoms with Crippen LogP contribution in [0.3, 0.4) is 0 Å². The second kappa shape index (κ2) is 6.23. The molecular weight excluding hydrogens is 246 g/mol. The number of methoxy groups -OCH3 is 1. The highest BCUT2D eigenvalue weighted by Gasteiger charge is 2.41. The molecule has 1 fully saturated rings. The molecule has 3 unspecified atom stereocenters. The molecule has 0 aromatic heterocycles. The third-order valence-electron chi connectivity index (χ3n) is 4.33. The van der Waals surface area contributed by atoms with Crippen LogP contribution in [0.4, 0.5) is 0 Å². The van der Waals surface area contributed by atoms with E-state index in [0.29, 0.717) is 25.4 Å². The first kappa shape index (κ1) is 15.8. The van der Waals surface area contributed by atoms with Crippen LogP contribution in [0, 0.1) is 11.3 Å². The summed E-state index contributed by atoms with van der Waals surface area (Å²) in [6.07, 6.45) is 1.44. The molecule has 1 aliphatic heterocycles. The zero-order chi connectivity index (χ0) is 14.6. The van der Waals surface area contributed by atoms with E-state index in [9.17, 15) is 4.79 Å². The van der Waals surface area contributed by atoms with Gasteiger partial charge in [0.2, 0.25) is 5.91 Å². The summed E-state index contributed by atoms with van der Waals surface area (Å²) >= 11 is 0. The Bertz CT molecular complexity index is 359. The number of nitrogens with two attached hydrogens (primary N) is 1. The van der Waals surface area contributed by atoms with Crippen molar-refractivity contribution in [3.05, 3.63) is 0 Å². The molecule has 0 spiro atoms. The van der Waals surface area contributed by atoms with Gasteiger partial charge in [-0.1, -0.05) is 19.0 Å². The normalized spacial score (nSPS) is 28.0. The number of amidine groups is 1. The van der Waals surface area contributed by atoms with Crippen LogP contribution in [0.25, 0.3) is 0 Å². The molecule has 110 valence electrons. The van der Waals surface area contributed by atoms with Gasteiger partial charge in [-0.25, -0.2) is 0 Å². The van der Waals surface area contributed by atoms with E-state index in [1.54, 1.807) is 18.9 Å². The van der Waals surface area contributed by atoms with E-state index >= 15 is 0 Å². The van der Waals surface area contributed by atoms with Crippen molar-refractivity contribution >= 4 is 11.7 Å². The number of carbonyl (C=O) groups is 1. The maximum atomic E-state index is 12.6. The van der Waals surface area contributed by atoms with Gasteiger partial charge in [-0.15, -0.1) is 0 Å². The zero-order valence-electron chi connectivity index (χ0n) is 12.2. The lowest BCUT2D eigenvalue weighted by atomic mass is 9.83. The van der Waals surface area contributed by atoms with Crippen molar-refractivity contribution in [2.45, 2.75) is 39.7 Å². The number of oxime groups is 1. The van der Waals surface area contributed by atoms with E-state index in [-0.39, 0.29) is 17.8 Å². The average molecular weight is 271 g/mol. The number of piperidine rings is 1. The minimum atomic E-state index is -0.951. The van der Waals surface area contributed by atoms with Crippen LogP contribution in [-0.2, 0) is 9.53 Å². The van der Waals surface area contributed by atoms with Gasteiger partial charge in [-0.05, 0) is 25.7 Å². The predicted molar refractivity (Wildman–Crippen MR) is 73.0 cm³/mol. The summed E-state index contributed by atoms with van der Waals surface area (Å²) in [6.45, 7) is 6.94. The molecule has 0 aromatic carbocycles. The van der Waals surface area contributed by atoms with E-state index in [1.807, 2.05) is 6.92 Å². The summed E-state index contributed by atoms with van der Waals surface area (Å²) in [4.78, 5) is 14.4. The Balaban J connectivity index is 2.87. The molecule has 0 aromatic rings. The molecule has 3 N–H and O–H groups in total. The van der Waals surface area contributed by atoms with Crippen molar-refractivity contribution in [3.8, 4) is 0 Å². The highest BCUT2D eigenvalue weighted by molar-refractivity contribution is 6.06. The van der Waals surface area contributed by atoms with Crippen LogP contribution in [0.1, 0.15) is 33.6 Å². The fourth-order valence-corrected chi connectivity index (χ4v) is 2.43. The van der Waals surface area contributed by atoms with Gasteiger partial charge in [-0.2, -0.15) is 0 Å². The van der Waals surface area contributed by atoms with Crippen molar-refractivity contribution in [2.75, 3.05) is 20.2 Å². The van der Waals surface area contributed by atoms with E-state index in [1.165, 1.54) is 0 Å². The molecule has 0 bridgehead atoms. The number of rotatable bonds is 4. The van der Waals surface area contributed by atoms with Crippen molar-refractivity contribution in [1.29, 1.82) is 0 Å². The Kier molecular flexibility index (Phi) is 5.17. The summed E-state index contributed by atoms with van der Waals surface area (Å²) in [5.41, 5.74) is 4.73. The van der Waals surface area contributed by atoms with E-state index < -0.39 is 5.41 Å². The topological polar surface area (TPSA) is 88.2 Å². The molecule has 1 aliphatic rings. The summed E-state index contributed by atoms with van der Waals surface area (Å²) < 4.78 is 5.41. The van der Waals surface area contributed by atoms with Gasteiger partial charge >= 0.3 is 0 Å². The summed E-state index contributed by atoms with van der Waals surface area (Å²) in [5.74, 6) is 0.303. The van der Waals surface area contributed by atoms with E-state index in [2.05, 4.69) is 12.1 Å². The van der Waals surface area contributed by atoms with Crippen molar-refractivity contribution in [2.24, 2.45) is 22.2 Å². The first-order valence-corrected chi connectivity index (χ1v) is 6.70. The predicted octanol–water partition coefficient (Wildman–Crippen LogP) is 1.03. The Labute approximate surface area is 114 Å². The van der Waals surface area contributed by atoms with Gasteiger partial charge in [0.1, 0.15) is 5.41 Å². The van der Waals surface area contributed by atoms with E-state index in [4.69, 9.17) is 15.7 Å². The van der Waals surface area contributed by atoms with Crippen LogP contribution >= 0.6 is 0 Å². The standard InChI is InChI=1S/C13H25N3O3/c1-5-13(3,11(14)15-18)12(17)16-7-6-9(2)10(8-16)19-4/h9-10,18H,5-8H2,1-4H3,(H2,14,15). The van der Waals surface area contributed by atoms with Gasteiger partial charge in [0.25, 0.3) is 0 Å². The highest BCUT2D eigenvalue weighted by Crippen LogP contribution is 2.28. The molecule has 0 saturated carbocycles.